The van der Waals surface area contributed by atoms with E-state index < -0.39 is 0 Å². The second-order valence-corrected chi connectivity index (χ2v) is 6.77. The summed E-state index contributed by atoms with van der Waals surface area (Å²) in [5.41, 5.74) is 1.93. The Morgan fingerprint density at radius 2 is 2.50 bits per heavy atom. The molecule has 0 aliphatic carbocycles. The van der Waals surface area contributed by atoms with E-state index in [1.54, 1.807) is 10.4 Å². The fourth-order valence-corrected chi connectivity index (χ4v) is 5.00. The van der Waals surface area contributed by atoms with E-state index in [4.69, 9.17) is 0 Å². The van der Waals surface area contributed by atoms with Gasteiger partial charge in [0.05, 0.1) is 5.54 Å². The summed E-state index contributed by atoms with van der Waals surface area (Å²) in [6, 6.07) is 2.34. The molecule has 0 saturated carbocycles. The molecule has 0 radical (unpaired) electrons. The normalized spacial score (nSPS) is 36.2. The predicted octanol–water partition coefficient (Wildman–Crippen LogP) is 2.61. The number of rotatable bonds is 0. The van der Waals surface area contributed by atoms with Crippen molar-refractivity contribution in [3.8, 4) is 0 Å². The monoisotopic (exact) mass is 225 g/mol. The van der Waals surface area contributed by atoms with Crippen molar-refractivity contribution in [2.24, 2.45) is 0 Å². The fourth-order valence-electron chi connectivity index (χ4n) is 2.68. The lowest BCUT2D eigenvalue weighted by Crippen LogP contribution is -2.47. The molecule has 14 heavy (non-hydrogen) atoms. The van der Waals surface area contributed by atoms with Gasteiger partial charge in [0.25, 0.3) is 0 Å². The van der Waals surface area contributed by atoms with E-state index in [0.29, 0.717) is 5.54 Å². The molecule has 1 N–H and O–H groups in total. The Balaban J connectivity index is 2.03. The molecule has 1 aromatic rings. The summed E-state index contributed by atoms with van der Waals surface area (Å²) in [6.07, 6.45) is 2.54. The molecule has 3 heteroatoms. The van der Waals surface area contributed by atoms with E-state index >= 15 is 0 Å². The summed E-state index contributed by atoms with van der Waals surface area (Å²) in [5.74, 6) is 1.26. The van der Waals surface area contributed by atoms with Gasteiger partial charge in [-0.2, -0.15) is 11.8 Å². The van der Waals surface area contributed by atoms with E-state index in [9.17, 15) is 0 Å². The minimum Gasteiger partial charge on any atom is -0.306 e. The number of thiophene rings is 1. The van der Waals surface area contributed by atoms with E-state index in [1.807, 2.05) is 11.3 Å². The Morgan fingerprint density at radius 3 is 3.29 bits per heavy atom. The van der Waals surface area contributed by atoms with Crippen molar-refractivity contribution < 1.29 is 0 Å². The van der Waals surface area contributed by atoms with Gasteiger partial charge >= 0.3 is 0 Å². The molecule has 76 valence electrons. The van der Waals surface area contributed by atoms with Gasteiger partial charge in [-0.1, -0.05) is 6.92 Å². The van der Waals surface area contributed by atoms with Crippen LogP contribution in [-0.2, 0) is 12.0 Å². The van der Waals surface area contributed by atoms with E-state index in [2.05, 4.69) is 35.4 Å². The summed E-state index contributed by atoms with van der Waals surface area (Å²) >= 11 is 4.05. The topological polar surface area (TPSA) is 12.0 Å². The highest BCUT2D eigenvalue weighted by Crippen LogP contribution is 2.45. The number of fused-ring (bicyclic) bond motifs is 2. The molecule has 1 nitrogen and oxygen atoms in total. The predicted molar refractivity (Wildman–Crippen MR) is 64.2 cm³/mol. The molecule has 2 atom stereocenters. The number of nitrogens with one attached hydrogen (secondary N) is 1. The molecule has 2 aliphatic rings. The van der Waals surface area contributed by atoms with Crippen LogP contribution in [0.1, 0.15) is 23.8 Å². The third kappa shape index (κ3) is 1.26. The van der Waals surface area contributed by atoms with Crippen molar-refractivity contribution in [3.05, 3.63) is 21.9 Å². The highest BCUT2D eigenvalue weighted by molar-refractivity contribution is 8.00. The molecule has 2 aliphatic heterocycles. The first-order valence-electron chi connectivity index (χ1n) is 5.24. The first-order valence-corrected chi connectivity index (χ1v) is 7.16. The van der Waals surface area contributed by atoms with Crippen molar-refractivity contribution in [3.63, 3.8) is 0 Å². The standard InChI is InChI=1S/C11H15NS2/c1-8-6-11(7-14-8)9-3-5-13-10(9)2-4-12-11/h3,5,8,12H,2,4,6-7H2,1H3. The lowest BCUT2D eigenvalue weighted by atomic mass is 9.85. The maximum Gasteiger partial charge on any atom is 0.0547 e. The number of thioether (sulfide) groups is 1. The van der Waals surface area contributed by atoms with Gasteiger partial charge < -0.3 is 5.32 Å². The molecule has 2 unspecified atom stereocenters. The molecule has 1 saturated heterocycles. The summed E-state index contributed by atoms with van der Waals surface area (Å²) in [6.45, 7) is 3.52. The zero-order chi connectivity index (χ0) is 9.60. The van der Waals surface area contributed by atoms with E-state index in [-0.39, 0.29) is 0 Å². The zero-order valence-corrected chi connectivity index (χ0v) is 10.0. The first-order chi connectivity index (χ1) is 6.80. The lowest BCUT2D eigenvalue weighted by molar-refractivity contribution is 0.348. The minimum absolute atomic E-state index is 0.331. The molecule has 0 amide bonds. The van der Waals surface area contributed by atoms with Gasteiger partial charge in [-0.3, -0.25) is 0 Å². The summed E-state index contributed by atoms with van der Waals surface area (Å²) < 4.78 is 0. The van der Waals surface area contributed by atoms with Crippen LogP contribution in [0.5, 0.6) is 0 Å². The van der Waals surface area contributed by atoms with E-state index in [1.165, 1.54) is 25.1 Å². The Kier molecular flexibility index (Phi) is 2.15. The fraction of sp³-hybridized carbons (Fsp3) is 0.636. The molecule has 0 bridgehead atoms. The van der Waals surface area contributed by atoms with Crippen LogP contribution in [0.25, 0.3) is 0 Å². The van der Waals surface area contributed by atoms with Gasteiger partial charge in [-0.25, -0.2) is 0 Å². The molecule has 1 fully saturated rings. The third-order valence-corrected chi connectivity index (χ3v) is 5.70. The van der Waals surface area contributed by atoms with Crippen molar-refractivity contribution in [2.45, 2.75) is 30.6 Å². The highest BCUT2D eigenvalue weighted by atomic mass is 32.2. The Bertz CT molecular complexity index is 347. The lowest BCUT2D eigenvalue weighted by Gasteiger charge is -2.34. The van der Waals surface area contributed by atoms with Gasteiger partial charge in [-0.15, -0.1) is 11.3 Å². The van der Waals surface area contributed by atoms with Crippen LogP contribution in [-0.4, -0.2) is 17.5 Å². The van der Waals surface area contributed by atoms with Gasteiger partial charge in [0.2, 0.25) is 0 Å². The Morgan fingerprint density at radius 1 is 1.57 bits per heavy atom. The Hall–Kier alpha value is 0.0100. The molecule has 3 rings (SSSR count). The van der Waals surface area contributed by atoms with Crippen molar-refractivity contribution >= 4 is 23.1 Å². The van der Waals surface area contributed by atoms with Crippen molar-refractivity contribution in [1.82, 2.24) is 5.32 Å². The quantitative estimate of drug-likeness (QED) is 0.728. The van der Waals surface area contributed by atoms with Crippen LogP contribution < -0.4 is 5.32 Å². The van der Waals surface area contributed by atoms with Gasteiger partial charge in [0.15, 0.2) is 0 Å². The van der Waals surface area contributed by atoms with Gasteiger partial charge in [0, 0.05) is 22.4 Å². The van der Waals surface area contributed by atoms with Crippen LogP contribution in [0.3, 0.4) is 0 Å². The molecule has 3 heterocycles. The summed E-state index contributed by atoms with van der Waals surface area (Å²) in [7, 11) is 0. The Labute approximate surface area is 93.3 Å². The number of hydrogen-bond donors (Lipinski definition) is 1. The van der Waals surface area contributed by atoms with Crippen LogP contribution in [0.15, 0.2) is 11.4 Å². The van der Waals surface area contributed by atoms with Crippen LogP contribution in [0, 0.1) is 0 Å². The maximum atomic E-state index is 3.75. The molecule has 0 aromatic carbocycles. The first kappa shape index (κ1) is 9.25. The van der Waals surface area contributed by atoms with Crippen LogP contribution in [0.4, 0.5) is 0 Å². The average Bonchev–Trinajstić information content (AvgIpc) is 2.75. The van der Waals surface area contributed by atoms with Crippen molar-refractivity contribution in [2.75, 3.05) is 12.3 Å². The third-order valence-electron chi connectivity index (χ3n) is 3.33. The molecule has 1 spiro atoms. The SMILES string of the molecule is CC1CC2(CS1)NCCc1sccc12. The molecular formula is C11H15NS2. The summed E-state index contributed by atoms with van der Waals surface area (Å²) in [4.78, 5) is 1.62. The smallest absolute Gasteiger partial charge is 0.0547 e. The zero-order valence-electron chi connectivity index (χ0n) is 8.38. The maximum absolute atomic E-state index is 3.75. The summed E-state index contributed by atoms with van der Waals surface area (Å²) in [5, 5.41) is 6.82. The van der Waals surface area contributed by atoms with Crippen molar-refractivity contribution in [1.29, 1.82) is 0 Å². The minimum atomic E-state index is 0.331. The number of hydrogen-bond acceptors (Lipinski definition) is 3. The van der Waals surface area contributed by atoms with Crippen LogP contribution >= 0.6 is 23.1 Å². The van der Waals surface area contributed by atoms with E-state index in [0.717, 1.165) is 5.25 Å². The largest absolute Gasteiger partial charge is 0.306 e. The molecule has 1 aromatic heterocycles. The average molecular weight is 225 g/mol. The van der Waals surface area contributed by atoms with Crippen LogP contribution in [0.2, 0.25) is 0 Å². The highest BCUT2D eigenvalue weighted by Gasteiger charge is 2.42. The van der Waals surface area contributed by atoms with Gasteiger partial charge in [0.1, 0.15) is 0 Å². The second kappa shape index (κ2) is 3.26. The molecular weight excluding hydrogens is 210 g/mol. The van der Waals surface area contributed by atoms with Gasteiger partial charge in [-0.05, 0) is 29.9 Å². The second-order valence-electron chi connectivity index (χ2n) is 4.34.